The van der Waals surface area contributed by atoms with Crippen molar-refractivity contribution in [3.05, 3.63) is 36.0 Å². The first kappa shape index (κ1) is 15.2. The zero-order valence-corrected chi connectivity index (χ0v) is 13.7. The summed E-state index contributed by atoms with van der Waals surface area (Å²) in [6.45, 7) is 2.13. The van der Waals surface area contributed by atoms with Crippen molar-refractivity contribution < 1.29 is 14.3 Å². The van der Waals surface area contributed by atoms with Crippen LogP contribution in [0.2, 0.25) is 0 Å². The van der Waals surface area contributed by atoms with Crippen LogP contribution in [0.15, 0.2) is 30.5 Å². The minimum atomic E-state index is -0.515. The Labute approximate surface area is 140 Å². The molecule has 2 saturated heterocycles. The number of H-pyrrole nitrogens is 1. The van der Waals surface area contributed by atoms with Gasteiger partial charge >= 0.3 is 0 Å². The lowest BCUT2D eigenvalue weighted by Gasteiger charge is -2.36. The first-order chi connectivity index (χ1) is 11.6. The first-order valence-electron chi connectivity index (χ1n) is 8.30. The maximum absolute atomic E-state index is 12.9. The van der Waals surface area contributed by atoms with Gasteiger partial charge in [0, 0.05) is 49.9 Å². The maximum atomic E-state index is 12.9. The van der Waals surface area contributed by atoms with Gasteiger partial charge in [-0.15, -0.1) is 0 Å². The second-order valence-electron chi connectivity index (χ2n) is 6.72. The second kappa shape index (κ2) is 5.63. The Morgan fingerprint density at radius 3 is 3.08 bits per heavy atom. The lowest BCUT2D eigenvalue weighted by molar-refractivity contribution is -0.138. The second-order valence-corrected chi connectivity index (χ2v) is 6.72. The molecular weight excluding hydrogens is 306 g/mol. The van der Waals surface area contributed by atoms with Crippen LogP contribution >= 0.6 is 0 Å². The van der Waals surface area contributed by atoms with Crippen molar-refractivity contribution in [2.75, 3.05) is 33.4 Å². The third-order valence-electron chi connectivity index (χ3n) is 5.48. The number of likely N-dealkylation sites (tertiary alicyclic amines) is 1. The number of aromatic nitrogens is 1. The van der Waals surface area contributed by atoms with E-state index in [0.29, 0.717) is 38.3 Å². The monoisotopic (exact) mass is 327 g/mol. The van der Waals surface area contributed by atoms with Gasteiger partial charge < -0.3 is 19.9 Å². The van der Waals surface area contributed by atoms with Crippen LogP contribution < -0.4 is 5.32 Å². The Morgan fingerprint density at radius 1 is 1.38 bits per heavy atom. The number of benzene rings is 1. The number of amides is 2. The molecule has 0 radical (unpaired) electrons. The molecule has 0 saturated carbocycles. The highest BCUT2D eigenvalue weighted by Crippen LogP contribution is 2.42. The minimum absolute atomic E-state index is 0.0194. The number of carbonyl (C=O) groups excluding carboxylic acids is 2. The summed E-state index contributed by atoms with van der Waals surface area (Å²) >= 11 is 0. The van der Waals surface area contributed by atoms with Crippen molar-refractivity contribution in [1.29, 1.82) is 0 Å². The summed E-state index contributed by atoms with van der Waals surface area (Å²) in [5.74, 6) is 0.0551. The number of carbonyl (C=O) groups is 2. The molecule has 0 bridgehead atoms. The average Bonchev–Trinajstić information content (AvgIpc) is 3.24. The molecule has 2 aliphatic rings. The van der Waals surface area contributed by atoms with Crippen LogP contribution in [0.25, 0.3) is 10.9 Å². The van der Waals surface area contributed by atoms with Gasteiger partial charge in [-0.25, -0.2) is 0 Å². The number of ether oxygens (including phenoxy) is 1. The number of rotatable bonds is 2. The molecule has 0 unspecified atom stereocenters. The topological polar surface area (TPSA) is 74.4 Å². The number of hydrogen-bond acceptors (Lipinski definition) is 3. The zero-order chi connectivity index (χ0) is 16.7. The quantitative estimate of drug-likeness (QED) is 0.875. The van der Waals surface area contributed by atoms with Crippen molar-refractivity contribution in [3.63, 3.8) is 0 Å². The molecule has 6 heteroatoms. The van der Waals surface area contributed by atoms with Crippen LogP contribution in [0.1, 0.15) is 16.8 Å². The lowest BCUT2D eigenvalue weighted by Crippen LogP contribution is -2.49. The van der Waals surface area contributed by atoms with Gasteiger partial charge in [-0.3, -0.25) is 9.59 Å². The fourth-order valence-electron chi connectivity index (χ4n) is 4.09. The smallest absolute Gasteiger partial charge is 0.253 e. The van der Waals surface area contributed by atoms with Crippen LogP contribution in [-0.2, 0) is 9.53 Å². The third kappa shape index (κ3) is 2.21. The maximum Gasteiger partial charge on any atom is 0.253 e. The van der Waals surface area contributed by atoms with Crippen molar-refractivity contribution in [2.45, 2.75) is 6.42 Å². The van der Waals surface area contributed by atoms with Gasteiger partial charge in [0.05, 0.1) is 12.0 Å². The van der Waals surface area contributed by atoms with Crippen LogP contribution in [0.5, 0.6) is 0 Å². The summed E-state index contributed by atoms with van der Waals surface area (Å²) in [6.07, 6.45) is 2.53. The van der Waals surface area contributed by atoms with Crippen molar-refractivity contribution >= 4 is 22.7 Å². The summed E-state index contributed by atoms with van der Waals surface area (Å²) < 4.78 is 5.56. The molecule has 2 aromatic rings. The van der Waals surface area contributed by atoms with Gasteiger partial charge in [0.2, 0.25) is 5.91 Å². The molecule has 126 valence electrons. The van der Waals surface area contributed by atoms with Crippen molar-refractivity contribution in [2.24, 2.45) is 11.3 Å². The predicted octanol–water partition coefficient (Wildman–Crippen LogP) is 1.39. The lowest BCUT2D eigenvalue weighted by atomic mass is 9.73. The molecule has 1 aromatic carbocycles. The van der Waals surface area contributed by atoms with E-state index in [9.17, 15) is 9.59 Å². The number of fused-ring (bicyclic) bond motifs is 2. The van der Waals surface area contributed by atoms with Crippen molar-refractivity contribution in [3.8, 4) is 0 Å². The zero-order valence-electron chi connectivity index (χ0n) is 13.7. The van der Waals surface area contributed by atoms with E-state index in [1.54, 1.807) is 11.9 Å². The fraction of sp³-hybridized carbons (Fsp3) is 0.444. The van der Waals surface area contributed by atoms with Gasteiger partial charge in [-0.1, -0.05) is 6.07 Å². The standard InChI is InChI=1S/C18H21N3O3/c1-19-17(23)18-5-7-24-10-14(18)9-21(11-18)16(22)13-3-2-12-4-6-20-15(12)8-13/h2-4,6,8,14,20H,5,7,9-11H2,1H3,(H,19,23)/t14-,18+/m1/s1. The molecule has 24 heavy (non-hydrogen) atoms. The highest BCUT2D eigenvalue weighted by Gasteiger charge is 2.54. The van der Waals surface area contributed by atoms with E-state index in [-0.39, 0.29) is 17.7 Å². The van der Waals surface area contributed by atoms with Crippen LogP contribution in [-0.4, -0.2) is 55.0 Å². The summed E-state index contributed by atoms with van der Waals surface area (Å²) in [5.41, 5.74) is 1.08. The Kier molecular flexibility index (Phi) is 3.57. The van der Waals surface area contributed by atoms with E-state index in [2.05, 4.69) is 10.3 Å². The SMILES string of the molecule is CNC(=O)[C@]12CCOC[C@H]1CN(C(=O)c1ccc3cc[nH]c3c1)C2. The van der Waals surface area contributed by atoms with Crippen LogP contribution in [0, 0.1) is 11.3 Å². The van der Waals surface area contributed by atoms with E-state index in [0.717, 1.165) is 10.9 Å². The first-order valence-corrected chi connectivity index (χ1v) is 8.30. The Morgan fingerprint density at radius 2 is 2.25 bits per heavy atom. The van der Waals surface area contributed by atoms with E-state index in [1.807, 2.05) is 30.5 Å². The summed E-state index contributed by atoms with van der Waals surface area (Å²) in [6, 6.07) is 7.65. The normalized spacial score (nSPS) is 26.4. The molecule has 3 heterocycles. The fourth-order valence-corrected chi connectivity index (χ4v) is 4.09. The molecule has 2 N–H and O–H groups in total. The molecule has 2 aliphatic heterocycles. The summed E-state index contributed by atoms with van der Waals surface area (Å²) in [7, 11) is 1.66. The third-order valence-corrected chi connectivity index (χ3v) is 5.48. The summed E-state index contributed by atoms with van der Waals surface area (Å²) in [5, 5.41) is 3.86. The number of nitrogens with one attached hydrogen (secondary N) is 2. The highest BCUT2D eigenvalue weighted by atomic mass is 16.5. The predicted molar refractivity (Wildman–Crippen MR) is 89.6 cm³/mol. The molecule has 0 aliphatic carbocycles. The molecule has 2 amide bonds. The number of aromatic amines is 1. The number of nitrogens with zero attached hydrogens (tertiary/aromatic N) is 1. The van der Waals surface area contributed by atoms with Gasteiger partial charge in [0.15, 0.2) is 0 Å². The molecular formula is C18H21N3O3. The Bertz CT molecular complexity index is 800. The minimum Gasteiger partial charge on any atom is -0.381 e. The van der Waals surface area contributed by atoms with E-state index < -0.39 is 5.41 Å². The van der Waals surface area contributed by atoms with E-state index in [4.69, 9.17) is 4.74 Å². The largest absolute Gasteiger partial charge is 0.381 e. The Hall–Kier alpha value is -2.34. The van der Waals surface area contributed by atoms with E-state index in [1.165, 1.54) is 0 Å². The molecule has 2 fully saturated rings. The summed E-state index contributed by atoms with van der Waals surface area (Å²) in [4.78, 5) is 30.4. The van der Waals surface area contributed by atoms with Gasteiger partial charge in [-0.05, 0) is 30.0 Å². The number of hydrogen-bond donors (Lipinski definition) is 2. The average molecular weight is 327 g/mol. The van der Waals surface area contributed by atoms with Crippen LogP contribution in [0.4, 0.5) is 0 Å². The van der Waals surface area contributed by atoms with Crippen molar-refractivity contribution in [1.82, 2.24) is 15.2 Å². The highest BCUT2D eigenvalue weighted by molar-refractivity contribution is 5.98. The molecule has 4 rings (SSSR count). The molecule has 2 atom stereocenters. The Balaban J connectivity index is 1.62. The van der Waals surface area contributed by atoms with Gasteiger partial charge in [0.1, 0.15) is 0 Å². The molecule has 0 spiro atoms. The van der Waals surface area contributed by atoms with Crippen LogP contribution in [0.3, 0.4) is 0 Å². The van der Waals surface area contributed by atoms with Gasteiger partial charge in [0.25, 0.3) is 5.91 Å². The van der Waals surface area contributed by atoms with E-state index >= 15 is 0 Å². The molecule has 1 aromatic heterocycles. The molecule has 6 nitrogen and oxygen atoms in total. The van der Waals surface area contributed by atoms with Gasteiger partial charge in [-0.2, -0.15) is 0 Å².